The van der Waals surface area contributed by atoms with Gasteiger partial charge in [-0.15, -0.1) is 0 Å². The standard InChI is InChI=1S/C16H23NO5/c1-10-4-5-12(21-10)6-7-15(18)17(3)9-13-8-14(16(19)20)11(2)22-13/h8,10,12H,4-7,9H2,1-3H3,(H,19,20)/t10-,12+/m1/s1. The maximum atomic E-state index is 12.1. The van der Waals surface area contributed by atoms with Crippen molar-refractivity contribution in [3.63, 3.8) is 0 Å². The third-order valence-electron chi connectivity index (χ3n) is 4.02. The lowest BCUT2D eigenvalue weighted by atomic mass is 10.1. The van der Waals surface area contributed by atoms with Crippen LogP contribution in [0.15, 0.2) is 10.5 Å². The third-order valence-corrected chi connectivity index (χ3v) is 4.02. The van der Waals surface area contributed by atoms with Gasteiger partial charge in [0.15, 0.2) is 0 Å². The molecule has 1 aliphatic heterocycles. The van der Waals surface area contributed by atoms with E-state index in [1.54, 1.807) is 18.9 Å². The van der Waals surface area contributed by atoms with E-state index >= 15 is 0 Å². The summed E-state index contributed by atoms with van der Waals surface area (Å²) >= 11 is 0. The molecule has 6 nitrogen and oxygen atoms in total. The molecular formula is C16H23NO5. The minimum Gasteiger partial charge on any atom is -0.478 e. The van der Waals surface area contributed by atoms with Crippen molar-refractivity contribution in [1.82, 2.24) is 4.90 Å². The van der Waals surface area contributed by atoms with Crippen molar-refractivity contribution in [2.24, 2.45) is 0 Å². The van der Waals surface area contributed by atoms with E-state index in [0.29, 0.717) is 24.0 Å². The summed E-state index contributed by atoms with van der Waals surface area (Å²) in [6, 6.07) is 1.48. The number of carbonyl (C=O) groups is 2. The molecular weight excluding hydrogens is 286 g/mol. The molecule has 6 heteroatoms. The Bertz CT molecular complexity index is 551. The lowest BCUT2D eigenvalue weighted by molar-refractivity contribution is -0.131. The molecule has 2 heterocycles. The molecule has 0 aromatic carbocycles. The van der Waals surface area contributed by atoms with E-state index in [1.807, 2.05) is 6.92 Å². The Morgan fingerprint density at radius 3 is 2.68 bits per heavy atom. The van der Waals surface area contributed by atoms with Crippen molar-refractivity contribution in [1.29, 1.82) is 0 Å². The predicted octanol–water partition coefficient (Wildman–Crippen LogP) is 2.59. The number of carboxylic acid groups (broad SMARTS) is 1. The highest BCUT2D eigenvalue weighted by Gasteiger charge is 2.23. The largest absolute Gasteiger partial charge is 0.478 e. The van der Waals surface area contributed by atoms with Crippen LogP contribution in [0.4, 0.5) is 0 Å². The molecule has 1 amide bonds. The van der Waals surface area contributed by atoms with Gasteiger partial charge in [0, 0.05) is 13.5 Å². The summed E-state index contributed by atoms with van der Waals surface area (Å²) in [6.07, 6.45) is 3.69. The minimum absolute atomic E-state index is 0.00841. The SMILES string of the molecule is Cc1oc(CN(C)C(=O)CC[C@@H]2CC[C@@H](C)O2)cc1C(=O)O. The summed E-state index contributed by atoms with van der Waals surface area (Å²) < 4.78 is 11.1. The van der Waals surface area contributed by atoms with Crippen LogP contribution in [0.1, 0.15) is 54.5 Å². The summed E-state index contributed by atoms with van der Waals surface area (Å²) in [5.41, 5.74) is 0.143. The Hall–Kier alpha value is -1.82. The number of hydrogen-bond acceptors (Lipinski definition) is 4. The highest BCUT2D eigenvalue weighted by atomic mass is 16.5. The van der Waals surface area contributed by atoms with Gasteiger partial charge in [-0.05, 0) is 39.2 Å². The van der Waals surface area contributed by atoms with Gasteiger partial charge in [-0.2, -0.15) is 0 Å². The first-order chi connectivity index (χ1) is 10.4. The molecule has 1 aliphatic rings. The zero-order valence-corrected chi connectivity index (χ0v) is 13.3. The van der Waals surface area contributed by atoms with Gasteiger partial charge in [-0.1, -0.05) is 0 Å². The van der Waals surface area contributed by atoms with Crippen LogP contribution in [-0.4, -0.2) is 41.1 Å². The van der Waals surface area contributed by atoms with E-state index in [1.165, 1.54) is 6.07 Å². The summed E-state index contributed by atoms with van der Waals surface area (Å²) in [5.74, 6) is -0.170. The van der Waals surface area contributed by atoms with Crippen molar-refractivity contribution < 1.29 is 23.8 Å². The molecule has 122 valence electrons. The second-order valence-corrected chi connectivity index (χ2v) is 5.92. The topological polar surface area (TPSA) is 80.0 Å². The molecule has 0 bridgehead atoms. The Morgan fingerprint density at radius 2 is 2.14 bits per heavy atom. The molecule has 1 fully saturated rings. The normalized spacial score (nSPS) is 21.0. The van der Waals surface area contributed by atoms with E-state index in [2.05, 4.69) is 0 Å². The number of hydrogen-bond donors (Lipinski definition) is 1. The number of amides is 1. The van der Waals surface area contributed by atoms with Gasteiger partial charge in [0.05, 0.1) is 18.8 Å². The Morgan fingerprint density at radius 1 is 1.41 bits per heavy atom. The molecule has 0 saturated carbocycles. The van der Waals surface area contributed by atoms with Gasteiger partial charge in [0.1, 0.15) is 17.1 Å². The first kappa shape index (κ1) is 16.5. The third kappa shape index (κ3) is 4.10. The summed E-state index contributed by atoms with van der Waals surface area (Å²) in [4.78, 5) is 24.7. The van der Waals surface area contributed by atoms with Gasteiger partial charge in [-0.3, -0.25) is 4.79 Å². The van der Waals surface area contributed by atoms with Crippen LogP contribution in [0, 0.1) is 6.92 Å². The van der Waals surface area contributed by atoms with Crippen LogP contribution < -0.4 is 0 Å². The van der Waals surface area contributed by atoms with Gasteiger partial charge >= 0.3 is 5.97 Å². The molecule has 1 aromatic rings. The fourth-order valence-corrected chi connectivity index (χ4v) is 2.73. The molecule has 0 aliphatic carbocycles. The Labute approximate surface area is 130 Å². The fraction of sp³-hybridized carbons (Fsp3) is 0.625. The van der Waals surface area contributed by atoms with Crippen molar-refractivity contribution >= 4 is 11.9 Å². The first-order valence-electron chi connectivity index (χ1n) is 7.59. The molecule has 2 rings (SSSR count). The van der Waals surface area contributed by atoms with E-state index in [-0.39, 0.29) is 24.1 Å². The van der Waals surface area contributed by atoms with Crippen molar-refractivity contribution in [3.05, 3.63) is 23.2 Å². The number of ether oxygens (including phenoxy) is 1. The Kier molecular flexibility index (Phi) is 5.24. The lowest BCUT2D eigenvalue weighted by Gasteiger charge is -2.17. The van der Waals surface area contributed by atoms with Crippen LogP contribution in [0.3, 0.4) is 0 Å². The van der Waals surface area contributed by atoms with Gasteiger partial charge in [0.25, 0.3) is 0 Å². The molecule has 0 unspecified atom stereocenters. The van der Waals surface area contributed by atoms with Crippen LogP contribution in [-0.2, 0) is 16.1 Å². The summed E-state index contributed by atoms with van der Waals surface area (Å²) in [7, 11) is 1.69. The first-order valence-corrected chi connectivity index (χ1v) is 7.59. The maximum Gasteiger partial charge on any atom is 0.339 e. The molecule has 1 N–H and O–H groups in total. The number of aryl methyl sites for hydroxylation is 1. The van der Waals surface area contributed by atoms with E-state index in [4.69, 9.17) is 14.3 Å². The van der Waals surface area contributed by atoms with Crippen molar-refractivity contribution in [3.8, 4) is 0 Å². The highest BCUT2D eigenvalue weighted by molar-refractivity contribution is 5.88. The Balaban J connectivity index is 1.83. The number of aromatic carboxylic acids is 1. The molecule has 0 spiro atoms. The summed E-state index contributed by atoms with van der Waals surface area (Å²) in [6.45, 7) is 3.93. The number of carboxylic acids is 1. The van der Waals surface area contributed by atoms with Crippen molar-refractivity contribution in [2.45, 2.75) is 58.3 Å². The number of rotatable bonds is 6. The van der Waals surface area contributed by atoms with E-state index in [9.17, 15) is 9.59 Å². The zero-order chi connectivity index (χ0) is 16.3. The molecule has 1 aromatic heterocycles. The second kappa shape index (κ2) is 6.96. The zero-order valence-electron chi connectivity index (χ0n) is 13.3. The molecule has 2 atom stereocenters. The molecule has 0 radical (unpaired) electrons. The lowest BCUT2D eigenvalue weighted by Crippen LogP contribution is -2.26. The predicted molar refractivity (Wildman–Crippen MR) is 79.7 cm³/mol. The smallest absolute Gasteiger partial charge is 0.339 e. The van der Waals surface area contributed by atoms with Gasteiger partial charge in [0.2, 0.25) is 5.91 Å². The number of nitrogens with zero attached hydrogens (tertiary/aromatic N) is 1. The van der Waals surface area contributed by atoms with Crippen molar-refractivity contribution in [2.75, 3.05) is 7.05 Å². The maximum absolute atomic E-state index is 12.1. The van der Waals surface area contributed by atoms with Gasteiger partial charge < -0.3 is 19.2 Å². The average Bonchev–Trinajstić information content (AvgIpc) is 3.02. The van der Waals surface area contributed by atoms with E-state index in [0.717, 1.165) is 19.3 Å². The molecule has 1 saturated heterocycles. The number of carbonyl (C=O) groups excluding carboxylic acids is 1. The average molecular weight is 309 g/mol. The van der Waals surface area contributed by atoms with Crippen LogP contribution in [0.5, 0.6) is 0 Å². The minimum atomic E-state index is -1.02. The van der Waals surface area contributed by atoms with Gasteiger partial charge in [-0.25, -0.2) is 4.79 Å². The summed E-state index contributed by atoms with van der Waals surface area (Å²) in [5, 5.41) is 8.99. The molecule has 22 heavy (non-hydrogen) atoms. The monoisotopic (exact) mass is 309 g/mol. The fourth-order valence-electron chi connectivity index (χ4n) is 2.73. The number of furan rings is 1. The second-order valence-electron chi connectivity index (χ2n) is 5.92. The van der Waals surface area contributed by atoms with Crippen LogP contribution in [0.25, 0.3) is 0 Å². The highest BCUT2D eigenvalue weighted by Crippen LogP contribution is 2.23. The quantitative estimate of drug-likeness (QED) is 0.873. The van der Waals surface area contributed by atoms with Crippen LogP contribution >= 0.6 is 0 Å². The van der Waals surface area contributed by atoms with Crippen LogP contribution in [0.2, 0.25) is 0 Å². The van der Waals surface area contributed by atoms with E-state index < -0.39 is 5.97 Å².